The van der Waals surface area contributed by atoms with Crippen LogP contribution in [0.15, 0.2) is 26.7 Å². The van der Waals surface area contributed by atoms with E-state index in [1.54, 1.807) is 31.7 Å². The summed E-state index contributed by atoms with van der Waals surface area (Å²) in [5.41, 5.74) is 0. The highest BCUT2D eigenvalue weighted by atomic mass is 127. The number of piperidine rings is 1. The van der Waals surface area contributed by atoms with Crippen molar-refractivity contribution in [1.82, 2.24) is 20.3 Å². The number of ether oxygens (including phenoxy) is 1. The fourth-order valence-electron chi connectivity index (χ4n) is 2.76. The van der Waals surface area contributed by atoms with Crippen LogP contribution in [0.4, 0.5) is 0 Å². The molecule has 1 saturated heterocycles. The number of likely N-dealkylation sites (tertiary alicyclic amines) is 1. The number of guanidine groups is 1. The van der Waals surface area contributed by atoms with E-state index < -0.39 is 10.0 Å². The molecule has 0 radical (unpaired) electrons. The highest BCUT2D eigenvalue weighted by molar-refractivity contribution is 14.0. The van der Waals surface area contributed by atoms with Crippen molar-refractivity contribution in [2.45, 2.75) is 23.1 Å². The molecule has 8 nitrogen and oxygen atoms in total. The van der Waals surface area contributed by atoms with Crippen LogP contribution in [0.1, 0.15) is 12.8 Å². The predicted molar refractivity (Wildman–Crippen MR) is 121 cm³/mol. The summed E-state index contributed by atoms with van der Waals surface area (Å²) < 4.78 is 32.1. The molecule has 2 heterocycles. The average Bonchev–Trinajstić information content (AvgIpc) is 3.19. The monoisotopic (exact) mass is 531 g/mol. The summed E-state index contributed by atoms with van der Waals surface area (Å²) in [6, 6.07) is 3.70. The number of methoxy groups -OCH3 is 1. The van der Waals surface area contributed by atoms with Gasteiger partial charge in [0.1, 0.15) is 4.21 Å². The molecule has 156 valence electrons. The summed E-state index contributed by atoms with van der Waals surface area (Å²) >= 11 is 1.21. The molecule has 0 spiro atoms. The van der Waals surface area contributed by atoms with Gasteiger partial charge >= 0.3 is 0 Å². The Kier molecular flexibility index (Phi) is 11.7. The second-order valence-electron chi connectivity index (χ2n) is 6.08. The van der Waals surface area contributed by atoms with E-state index >= 15 is 0 Å². The van der Waals surface area contributed by atoms with Gasteiger partial charge in [-0.3, -0.25) is 4.99 Å². The Bertz CT molecular complexity index is 647. The lowest BCUT2D eigenvalue weighted by Crippen LogP contribution is -2.50. The molecular weight excluding hydrogens is 501 g/mol. The summed E-state index contributed by atoms with van der Waals surface area (Å²) in [6.45, 7) is 4.59. The van der Waals surface area contributed by atoms with Gasteiger partial charge in [0.05, 0.1) is 6.61 Å². The van der Waals surface area contributed by atoms with Crippen LogP contribution in [-0.4, -0.2) is 78.8 Å². The number of thiophene rings is 1. The van der Waals surface area contributed by atoms with Crippen LogP contribution in [0.25, 0.3) is 0 Å². The molecule has 2 rings (SSSR count). The Morgan fingerprint density at radius 2 is 2.11 bits per heavy atom. The Morgan fingerprint density at radius 3 is 2.70 bits per heavy atom. The predicted octanol–water partition coefficient (Wildman–Crippen LogP) is 0.920. The normalized spacial score (nSPS) is 16.7. The topological polar surface area (TPSA) is 95.1 Å². The van der Waals surface area contributed by atoms with Gasteiger partial charge in [-0.05, 0) is 24.3 Å². The van der Waals surface area contributed by atoms with Crippen molar-refractivity contribution in [3.63, 3.8) is 0 Å². The van der Waals surface area contributed by atoms with Gasteiger partial charge in [-0.2, -0.15) is 0 Å². The second kappa shape index (κ2) is 12.9. The molecule has 1 fully saturated rings. The quantitative estimate of drug-likeness (QED) is 0.190. The highest BCUT2D eigenvalue weighted by Crippen LogP contribution is 2.14. The molecule has 11 heteroatoms. The van der Waals surface area contributed by atoms with E-state index in [2.05, 4.69) is 25.2 Å². The molecule has 0 saturated carbocycles. The summed E-state index contributed by atoms with van der Waals surface area (Å²) in [4.78, 5) is 6.62. The number of aliphatic imine (C=N–C) groups is 1. The molecule has 0 bridgehead atoms. The maximum Gasteiger partial charge on any atom is 0.250 e. The third-order valence-electron chi connectivity index (χ3n) is 4.23. The molecule has 27 heavy (non-hydrogen) atoms. The molecule has 0 atom stereocenters. The van der Waals surface area contributed by atoms with Crippen molar-refractivity contribution >= 4 is 51.3 Å². The maximum atomic E-state index is 12.0. The Balaban J connectivity index is 0.00000364. The number of sulfonamides is 1. The summed E-state index contributed by atoms with van der Waals surface area (Å²) in [5, 5.41) is 8.32. The first-order valence-corrected chi connectivity index (χ1v) is 11.1. The van der Waals surface area contributed by atoms with Gasteiger partial charge in [0.15, 0.2) is 5.96 Å². The first-order chi connectivity index (χ1) is 12.5. The molecule has 3 N–H and O–H groups in total. The molecule has 0 aromatic carbocycles. The Hall–Kier alpha value is -0.470. The first-order valence-electron chi connectivity index (χ1n) is 8.77. The van der Waals surface area contributed by atoms with Gasteiger partial charge in [-0.1, -0.05) is 6.07 Å². The lowest BCUT2D eigenvalue weighted by atomic mass is 10.1. The smallest absolute Gasteiger partial charge is 0.250 e. The molecular formula is C16H30IN5O3S2. The van der Waals surface area contributed by atoms with Crippen LogP contribution in [0.3, 0.4) is 0 Å². The van der Waals surface area contributed by atoms with Gasteiger partial charge in [-0.15, -0.1) is 35.3 Å². The Morgan fingerprint density at radius 1 is 1.37 bits per heavy atom. The van der Waals surface area contributed by atoms with Crippen molar-refractivity contribution in [3.05, 3.63) is 17.5 Å². The van der Waals surface area contributed by atoms with Crippen LogP contribution in [0, 0.1) is 0 Å². The van der Waals surface area contributed by atoms with Crippen molar-refractivity contribution in [1.29, 1.82) is 0 Å². The number of nitrogens with one attached hydrogen (secondary N) is 3. The number of nitrogens with zero attached hydrogens (tertiary/aromatic N) is 2. The molecule has 0 unspecified atom stereocenters. The zero-order valence-electron chi connectivity index (χ0n) is 15.8. The maximum absolute atomic E-state index is 12.0. The summed E-state index contributed by atoms with van der Waals surface area (Å²) in [5.74, 6) is 0.704. The van der Waals surface area contributed by atoms with Crippen LogP contribution in [0.2, 0.25) is 0 Å². The molecule has 1 aliphatic rings. The number of halogens is 1. The van der Waals surface area contributed by atoms with E-state index in [9.17, 15) is 8.42 Å². The molecule has 1 aromatic heterocycles. The fourth-order valence-corrected chi connectivity index (χ4v) is 4.83. The van der Waals surface area contributed by atoms with Gasteiger partial charge in [0, 0.05) is 52.9 Å². The van der Waals surface area contributed by atoms with E-state index in [4.69, 9.17) is 4.74 Å². The van der Waals surface area contributed by atoms with Crippen molar-refractivity contribution in [2.24, 2.45) is 4.99 Å². The number of rotatable bonds is 9. The number of hydrogen-bond acceptors (Lipinski definition) is 6. The second-order valence-corrected chi connectivity index (χ2v) is 9.02. The molecule has 1 aliphatic heterocycles. The van der Waals surface area contributed by atoms with Crippen LogP contribution >= 0.6 is 35.3 Å². The Labute approximate surface area is 183 Å². The standard InChI is InChI=1S/C16H29N5O3S2.HI/c1-17-16(20-14-5-9-21(10-6-14)11-12-24-2)18-7-8-19-26(22,23)15-4-3-13-25-15;/h3-4,13-14,19H,5-12H2,1-2H3,(H2,17,18,20);1H. The van der Waals surface area contributed by atoms with Crippen molar-refractivity contribution in [2.75, 3.05) is 53.5 Å². The summed E-state index contributed by atoms with van der Waals surface area (Å²) in [7, 11) is 0.0376. The van der Waals surface area contributed by atoms with Crippen LogP contribution in [0.5, 0.6) is 0 Å². The molecule has 1 aromatic rings. The van der Waals surface area contributed by atoms with E-state index in [1.165, 1.54) is 11.3 Å². The largest absolute Gasteiger partial charge is 0.383 e. The average molecular weight is 531 g/mol. The van der Waals surface area contributed by atoms with E-state index in [-0.39, 0.29) is 24.0 Å². The van der Waals surface area contributed by atoms with Crippen molar-refractivity contribution in [3.8, 4) is 0 Å². The van der Waals surface area contributed by atoms with Crippen LogP contribution < -0.4 is 15.4 Å². The van der Waals surface area contributed by atoms with Gasteiger partial charge in [0.2, 0.25) is 10.0 Å². The van der Waals surface area contributed by atoms with E-state index in [0.29, 0.717) is 29.3 Å². The van der Waals surface area contributed by atoms with E-state index in [0.717, 1.165) is 39.1 Å². The first kappa shape index (κ1) is 24.6. The minimum atomic E-state index is -3.41. The van der Waals surface area contributed by atoms with Gasteiger partial charge < -0.3 is 20.3 Å². The minimum absolute atomic E-state index is 0. The zero-order chi connectivity index (χ0) is 18.8. The molecule has 0 aliphatic carbocycles. The van der Waals surface area contributed by atoms with Gasteiger partial charge in [-0.25, -0.2) is 13.1 Å². The van der Waals surface area contributed by atoms with Gasteiger partial charge in [0.25, 0.3) is 0 Å². The molecule has 0 amide bonds. The highest BCUT2D eigenvalue weighted by Gasteiger charge is 2.19. The number of hydrogen-bond donors (Lipinski definition) is 3. The van der Waals surface area contributed by atoms with Crippen molar-refractivity contribution < 1.29 is 13.2 Å². The van der Waals surface area contributed by atoms with E-state index in [1.807, 2.05) is 0 Å². The zero-order valence-corrected chi connectivity index (χ0v) is 19.8. The third-order valence-corrected chi connectivity index (χ3v) is 7.09. The lowest BCUT2D eigenvalue weighted by molar-refractivity contribution is 0.128. The fraction of sp³-hybridized carbons (Fsp3) is 0.688. The lowest BCUT2D eigenvalue weighted by Gasteiger charge is -2.32. The summed E-state index contributed by atoms with van der Waals surface area (Å²) in [6.07, 6.45) is 2.10. The minimum Gasteiger partial charge on any atom is -0.383 e. The third kappa shape index (κ3) is 8.60. The van der Waals surface area contributed by atoms with Crippen LogP contribution in [-0.2, 0) is 14.8 Å². The SMILES string of the molecule is CN=C(NCCNS(=O)(=O)c1cccs1)NC1CCN(CCOC)CC1.I.